The van der Waals surface area contributed by atoms with Gasteiger partial charge >= 0.3 is 0 Å². The maximum atomic E-state index is 13.1. The summed E-state index contributed by atoms with van der Waals surface area (Å²) < 4.78 is 13.1. The van der Waals surface area contributed by atoms with Crippen LogP contribution in [-0.2, 0) is 6.42 Å². The lowest BCUT2D eigenvalue weighted by Crippen LogP contribution is -2.26. The normalized spacial score (nSPS) is 10.8. The number of hydrogen-bond donors (Lipinski definition) is 1. The Bertz CT molecular complexity index is 911. The number of nitrogens with one attached hydrogen (secondary N) is 1. The Morgan fingerprint density at radius 3 is 2.83 bits per heavy atom. The first-order valence-electron chi connectivity index (χ1n) is 7.62. The minimum absolute atomic E-state index is 0.196. The number of halogens is 2. The van der Waals surface area contributed by atoms with E-state index in [0.29, 0.717) is 29.2 Å². The van der Waals surface area contributed by atoms with E-state index in [-0.39, 0.29) is 11.7 Å². The van der Waals surface area contributed by atoms with E-state index in [1.807, 2.05) is 12.1 Å². The number of carbonyl (C=O) groups is 1. The summed E-state index contributed by atoms with van der Waals surface area (Å²) in [6, 6.07) is 13.5. The summed E-state index contributed by atoms with van der Waals surface area (Å²) in [5.41, 5.74) is 2.82. The topological polar surface area (TPSA) is 42.0 Å². The molecule has 3 aromatic rings. The summed E-state index contributed by atoms with van der Waals surface area (Å²) in [4.78, 5) is 16.8. The molecule has 122 valence electrons. The van der Waals surface area contributed by atoms with Crippen LogP contribution in [0.25, 0.3) is 10.9 Å². The van der Waals surface area contributed by atoms with Gasteiger partial charge in [0.2, 0.25) is 0 Å². The molecule has 1 N–H and O–H groups in total. The van der Waals surface area contributed by atoms with Gasteiger partial charge in [0.15, 0.2) is 0 Å². The second-order valence-electron chi connectivity index (χ2n) is 5.59. The van der Waals surface area contributed by atoms with Gasteiger partial charge < -0.3 is 5.32 Å². The molecule has 3 rings (SSSR count). The van der Waals surface area contributed by atoms with Crippen molar-refractivity contribution in [2.24, 2.45) is 0 Å². The van der Waals surface area contributed by atoms with E-state index < -0.39 is 0 Å². The fraction of sp³-hybridized carbons (Fsp3) is 0.158. The molecule has 0 bridgehead atoms. The van der Waals surface area contributed by atoms with E-state index in [2.05, 4.69) is 10.3 Å². The lowest BCUT2D eigenvalue weighted by atomic mass is 10.1. The fourth-order valence-electron chi connectivity index (χ4n) is 2.58. The molecule has 0 unspecified atom stereocenters. The summed E-state index contributed by atoms with van der Waals surface area (Å²) in [5, 5.41) is 4.28. The number of nitrogens with zero attached hydrogens (tertiary/aromatic N) is 1. The highest BCUT2D eigenvalue weighted by Gasteiger charge is 2.11. The van der Waals surface area contributed by atoms with Crippen LogP contribution in [0.15, 0.2) is 48.5 Å². The summed E-state index contributed by atoms with van der Waals surface area (Å²) >= 11 is 6.00. The third-order valence-electron chi connectivity index (χ3n) is 3.80. The molecular weight excluding hydrogens is 327 g/mol. The maximum Gasteiger partial charge on any atom is 0.253 e. The van der Waals surface area contributed by atoms with Crippen molar-refractivity contribution >= 4 is 28.4 Å². The van der Waals surface area contributed by atoms with E-state index in [1.54, 1.807) is 31.2 Å². The zero-order valence-corrected chi connectivity index (χ0v) is 13.9. The van der Waals surface area contributed by atoms with Crippen molar-refractivity contribution in [2.45, 2.75) is 13.3 Å². The number of aryl methyl sites for hydroxylation is 1. The van der Waals surface area contributed by atoms with Gasteiger partial charge in [-0.1, -0.05) is 23.7 Å². The minimum Gasteiger partial charge on any atom is -0.352 e. The van der Waals surface area contributed by atoms with Gasteiger partial charge in [0.05, 0.1) is 16.8 Å². The highest BCUT2D eigenvalue weighted by Crippen LogP contribution is 2.20. The summed E-state index contributed by atoms with van der Waals surface area (Å²) in [6.45, 7) is 2.23. The highest BCUT2D eigenvalue weighted by atomic mass is 35.5. The maximum absolute atomic E-state index is 13.1. The van der Waals surface area contributed by atoms with Gasteiger partial charge in [-0.05, 0) is 55.3 Å². The van der Waals surface area contributed by atoms with Crippen LogP contribution in [0.4, 0.5) is 4.39 Å². The molecule has 5 heteroatoms. The Morgan fingerprint density at radius 1 is 1.21 bits per heavy atom. The van der Waals surface area contributed by atoms with Crippen LogP contribution in [0.3, 0.4) is 0 Å². The second-order valence-corrected chi connectivity index (χ2v) is 6.03. The van der Waals surface area contributed by atoms with Crippen LogP contribution in [0.2, 0.25) is 5.02 Å². The molecule has 0 atom stereocenters. The molecule has 0 aliphatic rings. The molecule has 0 spiro atoms. The van der Waals surface area contributed by atoms with Gasteiger partial charge in [-0.25, -0.2) is 4.39 Å². The molecule has 0 aliphatic carbocycles. The molecule has 0 aliphatic heterocycles. The molecular formula is C19H16ClFN2O. The number of rotatable bonds is 4. The Hall–Kier alpha value is -2.46. The standard InChI is InChI=1S/C19H16ClFN2O/c1-12-17(11-14-10-15(20)5-6-18(14)23-12)19(24)22-8-7-13-3-2-4-16(21)9-13/h2-6,9-11H,7-8H2,1H3,(H,22,24). The molecule has 2 aromatic carbocycles. The largest absolute Gasteiger partial charge is 0.352 e. The Labute approximate surface area is 144 Å². The van der Waals surface area contributed by atoms with Gasteiger partial charge in [0.25, 0.3) is 5.91 Å². The molecule has 1 heterocycles. The van der Waals surface area contributed by atoms with Gasteiger partial charge in [0, 0.05) is 17.0 Å². The highest BCUT2D eigenvalue weighted by molar-refractivity contribution is 6.31. The summed E-state index contributed by atoms with van der Waals surface area (Å²) in [7, 11) is 0. The number of amides is 1. The van der Waals surface area contributed by atoms with E-state index in [9.17, 15) is 9.18 Å². The number of hydrogen-bond acceptors (Lipinski definition) is 2. The number of fused-ring (bicyclic) bond motifs is 1. The van der Waals surface area contributed by atoms with Crippen molar-refractivity contribution in [2.75, 3.05) is 6.54 Å². The third-order valence-corrected chi connectivity index (χ3v) is 4.04. The average molecular weight is 343 g/mol. The zero-order chi connectivity index (χ0) is 17.1. The smallest absolute Gasteiger partial charge is 0.253 e. The van der Waals surface area contributed by atoms with Crippen molar-refractivity contribution < 1.29 is 9.18 Å². The van der Waals surface area contributed by atoms with Crippen LogP contribution < -0.4 is 5.32 Å². The predicted octanol–water partition coefficient (Wildman–Crippen LogP) is 4.31. The Morgan fingerprint density at radius 2 is 2.04 bits per heavy atom. The molecule has 0 radical (unpaired) electrons. The molecule has 3 nitrogen and oxygen atoms in total. The van der Waals surface area contributed by atoms with Crippen molar-refractivity contribution in [3.63, 3.8) is 0 Å². The number of benzene rings is 2. The van der Waals surface area contributed by atoms with Gasteiger partial charge in [0.1, 0.15) is 5.82 Å². The Balaban J connectivity index is 1.72. The lowest BCUT2D eigenvalue weighted by molar-refractivity contribution is 0.0953. The molecule has 1 aromatic heterocycles. The van der Waals surface area contributed by atoms with Crippen molar-refractivity contribution in [1.82, 2.24) is 10.3 Å². The molecule has 0 saturated heterocycles. The second kappa shape index (κ2) is 6.97. The van der Waals surface area contributed by atoms with Crippen LogP contribution in [-0.4, -0.2) is 17.4 Å². The first kappa shape index (κ1) is 16.4. The summed E-state index contributed by atoms with van der Waals surface area (Å²) in [5.74, 6) is -0.469. The van der Waals surface area contributed by atoms with E-state index in [0.717, 1.165) is 16.5 Å². The molecule has 24 heavy (non-hydrogen) atoms. The van der Waals surface area contributed by atoms with Gasteiger partial charge in [-0.2, -0.15) is 0 Å². The van der Waals surface area contributed by atoms with Crippen molar-refractivity contribution in [3.05, 3.63) is 76.2 Å². The number of pyridine rings is 1. The number of aromatic nitrogens is 1. The van der Waals surface area contributed by atoms with E-state index in [1.165, 1.54) is 12.1 Å². The summed E-state index contributed by atoms with van der Waals surface area (Å²) in [6.07, 6.45) is 0.565. The lowest BCUT2D eigenvalue weighted by Gasteiger charge is -2.09. The average Bonchev–Trinajstić information content (AvgIpc) is 2.54. The third kappa shape index (κ3) is 3.71. The monoisotopic (exact) mass is 342 g/mol. The molecule has 1 amide bonds. The van der Waals surface area contributed by atoms with Crippen molar-refractivity contribution in [1.29, 1.82) is 0 Å². The molecule has 0 fully saturated rings. The van der Waals surface area contributed by atoms with E-state index >= 15 is 0 Å². The minimum atomic E-state index is -0.273. The Kier molecular flexibility index (Phi) is 4.76. The molecule has 0 saturated carbocycles. The fourth-order valence-corrected chi connectivity index (χ4v) is 2.76. The quantitative estimate of drug-likeness (QED) is 0.767. The SMILES string of the molecule is Cc1nc2ccc(Cl)cc2cc1C(=O)NCCc1cccc(F)c1. The van der Waals surface area contributed by atoms with Crippen LogP contribution in [0, 0.1) is 12.7 Å². The van der Waals surface area contributed by atoms with Crippen LogP contribution in [0.5, 0.6) is 0 Å². The van der Waals surface area contributed by atoms with Crippen molar-refractivity contribution in [3.8, 4) is 0 Å². The van der Waals surface area contributed by atoms with Crippen LogP contribution >= 0.6 is 11.6 Å². The van der Waals surface area contributed by atoms with Gasteiger partial charge in [-0.3, -0.25) is 9.78 Å². The van der Waals surface area contributed by atoms with Gasteiger partial charge in [-0.15, -0.1) is 0 Å². The van der Waals surface area contributed by atoms with Crippen LogP contribution in [0.1, 0.15) is 21.6 Å². The first-order valence-corrected chi connectivity index (χ1v) is 8.00. The number of carbonyl (C=O) groups excluding carboxylic acids is 1. The predicted molar refractivity (Wildman–Crippen MR) is 93.9 cm³/mol. The van der Waals surface area contributed by atoms with E-state index in [4.69, 9.17) is 11.6 Å². The zero-order valence-electron chi connectivity index (χ0n) is 13.1. The first-order chi connectivity index (χ1) is 11.5.